The number of carbonyl (C=O) groups is 1. The Kier molecular flexibility index (Phi) is 3.98. The molecule has 1 fully saturated rings. The van der Waals surface area contributed by atoms with Crippen LogP contribution >= 0.6 is 23.6 Å². The monoisotopic (exact) mass is 317 g/mol. The molecule has 2 aromatic heterocycles. The minimum atomic E-state index is -0.0274. The normalized spacial score (nSPS) is 13.9. The summed E-state index contributed by atoms with van der Waals surface area (Å²) in [5.41, 5.74) is 6.67. The van der Waals surface area contributed by atoms with Gasteiger partial charge in [0.1, 0.15) is 10.7 Å². The standard InChI is InChI=1S/C15H15N3OS2/c16-14(20)10-3-6-13(17-8-10)15(19)18(11-4-5-11)9-12-2-1-7-21-12/h1-3,6-8,11H,4-5,9H2,(H2,16,20). The molecule has 1 amide bonds. The first kappa shape index (κ1) is 14.2. The van der Waals surface area contributed by atoms with Crippen LogP contribution in [0.25, 0.3) is 0 Å². The Labute approximate surface area is 132 Å². The van der Waals surface area contributed by atoms with Gasteiger partial charge >= 0.3 is 0 Å². The van der Waals surface area contributed by atoms with E-state index in [9.17, 15) is 4.79 Å². The Balaban J connectivity index is 1.79. The summed E-state index contributed by atoms with van der Waals surface area (Å²) >= 11 is 6.56. The van der Waals surface area contributed by atoms with Crippen LogP contribution in [-0.4, -0.2) is 26.8 Å². The van der Waals surface area contributed by atoms with E-state index < -0.39 is 0 Å². The Morgan fingerprint density at radius 2 is 2.24 bits per heavy atom. The molecular formula is C15H15N3OS2. The van der Waals surface area contributed by atoms with Crippen molar-refractivity contribution in [2.24, 2.45) is 5.73 Å². The number of pyridine rings is 1. The van der Waals surface area contributed by atoms with Crippen LogP contribution in [0, 0.1) is 0 Å². The maximum Gasteiger partial charge on any atom is 0.273 e. The van der Waals surface area contributed by atoms with E-state index in [2.05, 4.69) is 11.1 Å². The highest BCUT2D eigenvalue weighted by Gasteiger charge is 2.33. The van der Waals surface area contributed by atoms with Gasteiger partial charge < -0.3 is 10.6 Å². The number of rotatable bonds is 5. The van der Waals surface area contributed by atoms with Crippen LogP contribution in [0.5, 0.6) is 0 Å². The minimum absolute atomic E-state index is 0.0274. The van der Waals surface area contributed by atoms with Gasteiger partial charge in [0.15, 0.2) is 0 Å². The molecule has 2 aromatic rings. The quantitative estimate of drug-likeness (QED) is 0.861. The molecule has 6 heteroatoms. The summed E-state index contributed by atoms with van der Waals surface area (Å²) in [7, 11) is 0. The third kappa shape index (κ3) is 3.28. The number of amides is 1. The summed E-state index contributed by atoms with van der Waals surface area (Å²) in [6, 6.07) is 7.85. The molecule has 0 spiro atoms. The third-order valence-corrected chi connectivity index (χ3v) is 4.52. The van der Waals surface area contributed by atoms with Gasteiger partial charge in [-0.2, -0.15) is 0 Å². The predicted molar refractivity (Wildman–Crippen MR) is 87.3 cm³/mol. The summed E-state index contributed by atoms with van der Waals surface area (Å²) in [5.74, 6) is -0.0274. The zero-order chi connectivity index (χ0) is 14.8. The van der Waals surface area contributed by atoms with E-state index in [1.54, 1.807) is 29.7 Å². The van der Waals surface area contributed by atoms with Gasteiger partial charge in [-0.25, -0.2) is 0 Å². The van der Waals surface area contributed by atoms with E-state index >= 15 is 0 Å². The van der Waals surface area contributed by atoms with Crippen LogP contribution in [0.4, 0.5) is 0 Å². The SMILES string of the molecule is NC(=S)c1ccc(C(=O)N(Cc2cccs2)C2CC2)nc1. The summed E-state index contributed by atoms with van der Waals surface area (Å²) in [5, 5.41) is 2.03. The summed E-state index contributed by atoms with van der Waals surface area (Å²) in [6.45, 7) is 0.653. The molecule has 0 radical (unpaired) electrons. The first-order valence-electron chi connectivity index (χ1n) is 6.74. The topological polar surface area (TPSA) is 59.2 Å². The second kappa shape index (κ2) is 5.91. The van der Waals surface area contributed by atoms with E-state index in [0.717, 1.165) is 12.8 Å². The second-order valence-electron chi connectivity index (χ2n) is 5.04. The fraction of sp³-hybridized carbons (Fsp3) is 0.267. The Bertz CT molecular complexity index is 648. The number of nitrogens with zero attached hydrogens (tertiary/aromatic N) is 2. The molecule has 0 aromatic carbocycles. The average molecular weight is 317 g/mol. The van der Waals surface area contributed by atoms with Crippen LogP contribution in [0.1, 0.15) is 33.8 Å². The van der Waals surface area contributed by atoms with Crippen molar-refractivity contribution in [2.45, 2.75) is 25.4 Å². The molecule has 1 saturated carbocycles. The molecule has 0 saturated heterocycles. The van der Waals surface area contributed by atoms with Crippen molar-refractivity contribution in [3.63, 3.8) is 0 Å². The zero-order valence-corrected chi connectivity index (χ0v) is 13.0. The molecule has 1 aliphatic rings. The lowest BCUT2D eigenvalue weighted by atomic mass is 10.2. The van der Waals surface area contributed by atoms with Crippen molar-refractivity contribution in [2.75, 3.05) is 0 Å². The minimum Gasteiger partial charge on any atom is -0.389 e. The van der Waals surface area contributed by atoms with Gasteiger partial charge in [0, 0.05) is 22.7 Å². The van der Waals surface area contributed by atoms with Gasteiger partial charge in [0.2, 0.25) is 0 Å². The highest BCUT2D eigenvalue weighted by molar-refractivity contribution is 7.80. The third-order valence-electron chi connectivity index (χ3n) is 3.42. The lowest BCUT2D eigenvalue weighted by Crippen LogP contribution is -2.33. The van der Waals surface area contributed by atoms with E-state index in [-0.39, 0.29) is 5.91 Å². The number of aromatic nitrogens is 1. The van der Waals surface area contributed by atoms with Crippen LogP contribution in [0.2, 0.25) is 0 Å². The van der Waals surface area contributed by atoms with Crippen LogP contribution < -0.4 is 5.73 Å². The number of thiophene rings is 1. The lowest BCUT2D eigenvalue weighted by Gasteiger charge is -2.21. The first-order valence-corrected chi connectivity index (χ1v) is 8.03. The molecule has 0 aliphatic heterocycles. The van der Waals surface area contributed by atoms with E-state index in [1.165, 1.54) is 4.88 Å². The Morgan fingerprint density at radius 1 is 1.43 bits per heavy atom. The Hall–Kier alpha value is -1.79. The van der Waals surface area contributed by atoms with Crippen molar-refractivity contribution in [3.8, 4) is 0 Å². The molecular weight excluding hydrogens is 302 g/mol. The molecule has 0 atom stereocenters. The van der Waals surface area contributed by atoms with Crippen molar-refractivity contribution in [1.29, 1.82) is 0 Å². The van der Waals surface area contributed by atoms with Crippen molar-refractivity contribution in [3.05, 3.63) is 52.0 Å². The summed E-state index contributed by atoms with van der Waals surface area (Å²) in [4.78, 5) is 20.2. The van der Waals surface area contributed by atoms with Gasteiger partial charge in [-0.15, -0.1) is 11.3 Å². The van der Waals surface area contributed by atoms with E-state index in [0.29, 0.717) is 28.8 Å². The van der Waals surface area contributed by atoms with Crippen LogP contribution in [0.15, 0.2) is 35.8 Å². The average Bonchev–Trinajstić information content (AvgIpc) is 3.20. The highest BCUT2D eigenvalue weighted by atomic mass is 32.1. The number of thiocarbonyl (C=S) groups is 1. The van der Waals surface area contributed by atoms with E-state index in [1.807, 2.05) is 16.3 Å². The van der Waals surface area contributed by atoms with Crippen molar-refractivity contribution >= 4 is 34.5 Å². The molecule has 108 valence electrons. The smallest absolute Gasteiger partial charge is 0.273 e. The fourth-order valence-corrected chi connectivity index (χ4v) is 2.96. The predicted octanol–water partition coefficient (Wildman–Crippen LogP) is 2.58. The number of hydrogen-bond acceptors (Lipinski definition) is 4. The van der Waals surface area contributed by atoms with Gasteiger partial charge in [0.05, 0.1) is 6.54 Å². The van der Waals surface area contributed by atoms with E-state index in [4.69, 9.17) is 18.0 Å². The van der Waals surface area contributed by atoms with Gasteiger partial charge in [-0.05, 0) is 36.4 Å². The summed E-state index contributed by atoms with van der Waals surface area (Å²) < 4.78 is 0. The van der Waals surface area contributed by atoms with Crippen LogP contribution in [0.3, 0.4) is 0 Å². The number of nitrogens with two attached hydrogens (primary N) is 1. The largest absolute Gasteiger partial charge is 0.389 e. The molecule has 0 unspecified atom stereocenters. The second-order valence-corrected chi connectivity index (χ2v) is 6.51. The van der Waals surface area contributed by atoms with Crippen molar-refractivity contribution in [1.82, 2.24) is 9.88 Å². The molecule has 2 N–H and O–H groups in total. The lowest BCUT2D eigenvalue weighted by molar-refractivity contribution is 0.0725. The maximum atomic E-state index is 12.6. The van der Waals surface area contributed by atoms with Gasteiger partial charge in [-0.1, -0.05) is 18.3 Å². The molecule has 4 nitrogen and oxygen atoms in total. The van der Waals surface area contributed by atoms with Gasteiger partial charge in [0.25, 0.3) is 5.91 Å². The molecule has 1 aliphatic carbocycles. The fourth-order valence-electron chi connectivity index (χ4n) is 2.14. The molecule has 0 bridgehead atoms. The molecule has 2 heterocycles. The summed E-state index contributed by atoms with van der Waals surface area (Å²) in [6.07, 6.45) is 3.70. The van der Waals surface area contributed by atoms with Crippen molar-refractivity contribution < 1.29 is 4.79 Å². The van der Waals surface area contributed by atoms with Gasteiger partial charge in [-0.3, -0.25) is 9.78 Å². The van der Waals surface area contributed by atoms with Crippen LogP contribution in [-0.2, 0) is 6.54 Å². The number of carbonyl (C=O) groups excluding carboxylic acids is 1. The number of hydrogen-bond donors (Lipinski definition) is 1. The first-order chi connectivity index (χ1) is 10.1. The molecule has 21 heavy (non-hydrogen) atoms. The molecule has 3 rings (SSSR count). The highest BCUT2D eigenvalue weighted by Crippen LogP contribution is 2.30. The Morgan fingerprint density at radius 3 is 2.76 bits per heavy atom. The maximum absolute atomic E-state index is 12.6. The zero-order valence-electron chi connectivity index (χ0n) is 11.4.